The average molecular weight is 245 g/mol. The van der Waals surface area contributed by atoms with Crippen LogP contribution in [0.15, 0.2) is 0 Å². The third-order valence-corrected chi connectivity index (χ3v) is 3.42. The van der Waals surface area contributed by atoms with Crippen LogP contribution in [0.1, 0.15) is 32.6 Å². The number of carboxylic acid groups (broad SMARTS) is 1. The summed E-state index contributed by atoms with van der Waals surface area (Å²) in [6, 6.07) is 0. The second kappa shape index (κ2) is 6.33. The molecule has 1 fully saturated rings. The SMILES string of the molecule is CNC1(C(=O)O)CCCC(OC(C)COC)C1. The van der Waals surface area contributed by atoms with E-state index in [9.17, 15) is 9.90 Å². The molecule has 17 heavy (non-hydrogen) atoms. The van der Waals surface area contributed by atoms with E-state index in [1.807, 2.05) is 6.92 Å². The van der Waals surface area contributed by atoms with E-state index in [0.29, 0.717) is 19.4 Å². The summed E-state index contributed by atoms with van der Waals surface area (Å²) in [5.74, 6) is -0.785. The van der Waals surface area contributed by atoms with E-state index < -0.39 is 11.5 Å². The van der Waals surface area contributed by atoms with E-state index in [1.54, 1.807) is 14.2 Å². The second-order valence-electron chi connectivity index (χ2n) is 4.76. The molecule has 5 nitrogen and oxygen atoms in total. The summed E-state index contributed by atoms with van der Waals surface area (Å²) >= 11 is 0. The van der Waals surface area contributed by atoms with Crippen molar-refractivity contribution in [2.45, 2.75) is 50.4 Å². The van der Waals surface area contributed by atoms with E-state index in [-0.39, 0.29) is 12.2 Å². The molecule has 0 spiro atoms. The standard InChI is InChI=1S/C12H23NO4/c1-9(8-16-3)17-10-5-4-6-12(7-10,13-2)11(14)15/h9-10,13H,4-8H2,1-3H3,(H,14,15). The topological polar surface area (TPSA) is 67.8 Å². The van der Waals surface area contributed by atoms with E-state index in [4.69, 9.17) is 9.47 Å². The van der Waals surface area contributed by atoms with Crippen LogP contribution in [0.25, 0.3) is 0 Å². The Bertz CT molecular complexity index is 259. The minimum Gasteiger partial charge on any atom is -0.480 e. The van der Waals surface area contributed by atoms with Crippen LogP contribution in [0.3, 0.4) is 0 Å². The number of methoxy groups -OCH3 is 1. The fraction of sp³-hybridized carbons (Fsp3) is 0.917. The Morgan fingerprint density at radius 3 is 2.88 bits per heavy atom. The summed E-state index contributed by atoms with van der Waals surface area (Å²) in [6.45, 7) is 2.48. The molecule has 2 N–H and O–H groups in total. The highest BCUT2D eigenvalue weighted by Crippen LogP contribution is 2.30. The summed E-state index contributed by atoms with van der Waals surface area (Å²) in [4.78, 5) is 11.3. The fourth-order valence-electron chi connectivity index (χ4n) is 2.47. The van der Waals surface area contributed by atoms with Crippen LogP contribution >= 0.6 is 0 Å². The number of hydrogen-bond donors (Lipinski definition) is 2. The summed E-state index contributed by atoms with van der Waals surface area (Å²) in [6.07, 6.45) is 2.98. The quantitative estimate of drug-likeness (QED) is 0.731. The van der Waals surface area contributed by atoms with Gasteiger partial charge in [-0.1, -0.05) is 0 Å². The van der Waals surface area contributed by atoms with Gasteiger partial charge in [-0.15, -0.1) is 0 Å². The van der Waals surface area contributed by atoms with Gasteiger partial charge >= 0.3 is 5.97 Å². The van der Waals surface area contributed by atoms with Gasteiger partial charge in [0, 0.05) is 13.5 Å². The predicted octanol–water partition coefficient (Wildman–Crippen LogP) is 1.02. The third-order valence-electron chi connectivity index (χ3n) is 3.42. The van der Waals surface area contributed by atoms with Crippen molar-refractivity contribution in [3.05, 3.63) is 0 Å². The zero-order valence-corrected chi connectivity index (χ0v) is 10.9. The number of carboxylic acids is 1. The second-order valence-corrected chi connectivity index (χ2v) is 4.76. The number of carbonyl (C=O) groups is 1. The molecule has 3 unspecified atom stereocenters. The van der Waals surface area contributed by atoms with E-state index in [0.717, 1.165) is 12.8 Å². The minimum absolute atomic E-state index is 0.00236. The molecule has 0 radical (unpaired) electrons. The lowest BCUT2D eigenvalue weighted by Crippen LogP contribution is -2.55. The van der Waals surface area contributed by atoms with Crippen LogP contribution in [0.5, 0.6) is 0 Å². The van der Waals surface area contributed by atoms with Crippen molar-refractivity contribution in [3.8, 4) is 0 Å². The van der Waals surface area contributed by atoms with Crippen LogP contribution in [-0.4, -0.2) is 49.6 Å². The zero-order chi connectivity index (χ0) is 12.9. The van der Waals surface area contributed by atoms with Crippen LogP contribution in [0.2, 0.25) is 0 Å². The lowest BCUT2D eigenvalue weighted by molar-refractivity contribution is -0.150. The summed E-state index contributed by atoms with van der Waals surface area (Å²) in [5, 5.41) is 12.2. The van der Waals surface area contributed by atoms with Crippen molar-refractivity contribution in [2.75, 3.05) is 20.8 Å². The Labute approximate surface area is 102 Å². The highest BCUT2D eigenvalue weighted by Gasteiger charge is 2.42. The average Bonchev–Trinajstić information content (AvgIpc) is 2.29. The molecular formula is C12H23NO4. The molecule has 1 saturated carbocycles. The van der Waals surface area contributed by atoms with Crippen LogP contribution in [-0.2, 0) is 14.3 Å². The van der Waals surface area contributed by atoms with E-state index in [2.05, 4.69) is 5.32 Å². The smallest absolute Gasteiger partial charge is 0.323 e. The van der Waals surface area contributed by atoms with Gasteiger partial charge < -0.3 is 19.9 Å². The van der Waals surface area contributed by atoms with Gasteiger partial charge in [-0.2, -0.15) is 0 Å². The molecule has 100 valence electrons. The van der Waals surface area contributed by atoms with Gasteiger partial charge in [-0.05, 0) is 33.2 Å². The molecule has 5 heteroatoms. The Balaban J connectivity index is 2.56. The lowest BCUT2D eigenvalue weighted by Gasteiger charge is -2.38. The van der Waals surface area contributed by atoms with Crippen molar-refractivity contribution in [1.29, 1.82) is 0 Å². The molecule has 0 aliphatic heterocycles. The van der Waals surface area contributed by atoms with Gasteiger partial charge in [-0.3, -0.25) is 4.79 Å². The Morgan fingerprint density at radius 2 is 2.35 bits per heavy atom. The number of rotatable bonds is 6. The fourth-order valence-corrected chi connectivity index (χ4v) is 2.47. The summed E-state index contributed by atoms with van der Waals surface area (Å²) < 4.78 is 10.8. The van der Waals surface area contributed by atoms with Crippen LogP contribution < -0.4 is 5.32 Å². The third kappa shape index (κ3) is 3.66. The van der Waals surface area contributed by atoms with Gasteiger partial charge in [0.2, 0.25) is 0 Å². The Kier molecular flexibility index (Phi) is 5.36. The molecule has 1 aliphatic rings. The predicted molar refractivity (Wildman–Crippen MR) is 64.1 cm³/mol. The van der Waals surface area contributed by atoms with Crippen molar-refractivity contribution < 1.29 is 19.4 Å². The van der Waals surface area contributed by atoms with Gasteiger partial charge in [-0.25, -0.2) is 0 Å². The largest absolute Gasteiger partial charge is 0.480 e. The molecule has 0 aromatic carbocycles. The monoisotopic (exact) mass is 245 g/mol. The first-order chi connectivity index (χ1) is 8.04. The van der Waals surface area contributed by atoms with Gasteiger partial charge in [0.15, 0.2) is 0 Å². The molecule has 0 saturated heterocycles. The number of nitrogens with one attached hydrogen (secondary N) is 1. The van der Waals surface area contributed by atoms with E-state index in [1.165, 1.54) is 0 Å². The molecular weight excluding hydrogens is 222 g/mol. The van der Waals surface area contributed by atoms with Crippen LogP contribution in [0.4, 0.5) is 0 Å². The Morgan fingerprint density at radius 1 is 1.65 bits per heavy atom. The highest BCUT2D eigenvalue weighted by atomic mass is 16.5. The van der Waals surface area contributed by atoms with Crippen molar-refractivity contribution in [3.63, 3.8) is 0 Å². The Hall–Kier alpha value is -0.650. The number of ether oxygens (including phenoxy) is 2. The molecule has 0 aromatic rings. The van der Waals surface area contributed by atoms with Crippen LogP contribution in [0, 0.1) is 0 Å². The maximum atomic E-state index is 11.3. The molecule has 0 aromatic heterocycles. The zero-order valence-electron chi connectivity index (χ0n) is 10.9. The number of likely N-dealkylation sites (N-methyl/N-ethyl adjacent to an activating group) is 1. The highest BCUT2D eigenvalue weighted by molar-refractivity contribution is 5.79. The summed E-state index contributed by atoms with van der Waals surface area (Å²) in [5.41, 5.74) is -0.824. The van der Waals surface area contributed by atoms with Gasteiger partial charge in [0.05, 0.1) is 18.8 Å². The molecule has 3 atom stereocenters. The molecule has 1 rings (SSSR count). The normalized spacial score (nSPS) is 31.1. The molecule has 0 heterocycles. The van der Waals surface area contributed by atoms with Crippen molar-refractivity contribution in [2.24, 2.45) is 0 Å². The summed E-state index contributed by atoms with van der Waals surface area (Å²) in [7, 11) is 3.34. The molecule has 1 aliphatic carbocycles. The maximum absolute atomic E-state index is 11.3. The first-order valence-electron chi connectivity index (χ1n) is 6.11. The first kappa shape index (κ1) is 14.4. The molecule has 0 bridgehead atoms. The number of aliphatic carboxylic acids is 1. The van der Waals surface area contributed by atoms with Crippen molar-refractivity contribution >= 4 is 5.97 Å². The van der Waals surface area contributed by atoms with Gasteiger partial charge in [0.1, 0.15) is 5.54 Å². The minimum atomic E-state index is -0.824. The lowest BCUT2D eigenvalue weighted by atomic mass is 9.80. The van der Waals surface area contributed by atoms with E-state index >= 15 is 0 Å². The van der Waals surface area contributed by atoms with Gasteiger partial charge in [0.25, 0.3) is 0 Å². The molecule has 0 amide bonds. The van der Waals surface area contributed by atoms with Crippen molar-refractivity contribution in [1.82, 2.24) is 5.32 Å². The maximum Gasteiger partial charge on any atom is 0.323 e. The first-order valence-corrected chi connectivity index (χ1v) is 6.11. The number of hydrogen-bond acceptors (Lipinski definition) is 4.